The maximum Gasteiger partial charge on any atom is 0.229 e. The molecule has 1 unspecified atom stereocenters. The van der Waals surface area contributed by atoms with Gasteiger partial charge in [-0.1, -0.05) is 42.0 Å². The molecule has 0 aliphatic carbocycles. The van der Waals surface area contributed by atoms with Crippen molar-refractivity contribution in [2.45, 2.75) is 32.9 Å². The highest BCUT2D eigenvalue weighted by molar-refractivity contribution is 5.79. The van der Waals surface area contributed by atoms with Crippen LogP contribution < -0.4 is 15.5 Å². The van der Waals surface area contributed by atoms with Gasteiger partial charge in [0.05, 0.1) is 24.9 Å². The van der Waals surface area contributed by atoms with Crippen molar-refractivity contribution in [2.75, 3.05) is 23.3 Å². The van der Waals surface area contributed by atoms with Gasteiger partial charge in [0, 0.05) is 31.5 Å². The monoisotopic (exact) mass is 482 g/mol. The molecule has 5 rings (SSSR count). The van der Waals surface area contributed by atoms with Gasteiger partial charge in [0.25, 0.3) is 0 Å². The van der Waals surface area contributed by atoms with E-state index < -0.39 is 0 Å². The van der Waals surface area contributed by atoms with Gasteiger partial charge < -0.3 is 15.5 Å². The second kappa shape index (κ2) is 11.0. The Balaban J connectivity index is 1.20. The van der Waals surface area contributed by atoms with Crippen LogP contribution in [0.25, 0.3) is 0 Å². The van der Waals surface area contributed by atoms with E-state index in [0.29, 0.717) is 25.6 Å². The molecule has 184 valence electrons. The Kier molecular flexibility index (Phi) is 7.16. The van der Waals surface area contributed by atoms with Gasteiger partial charge in [-0.05, 0) is 49.1 Å². The number of nitrogens with zero attached hydrogens (tertiary/aromatic N) is 6. The quantitative estimate of drug-likeness (QED) is 0.395. The zero-order valence-electron chi connectivity index (χ0n) is 20.3. The molecule has 2 aromatic carbocycles. The lowest BCUT2D eigenvalue weighted by atomic mass is 9.97. The predicted molar refractivity (Wildman–Crippen MR) is 139 cm³/mol. The summed E-state index contributed by atoms with van der Waals surface area (Å²) < 4.78 is 0. The van der Waals surface area contributed by atoms with Crippen LogP contribution in [-0.4, -0.2) is 44.0 Å². The Morgan fingerprint density at radius 1 is 1.03 bits per heavy atom. The first-order valence-electron chi connectivity index (χ1n) is 12.2. The second-order valence-corrected chi connectivity index (χ2v) is 9.11. The third-order valence-corrected chi connectivity index (χ3v) is 6.32. The number of hydrogen-bond donors (Lipinski definition) is 2. The van der Waals surface area contributed by atoms with E-state index in [1.165, 1.54) is 5.56 Å². The number of benzene rings is 2. The van der Waals surface area contributed by atoms with Crippen LogP contribution in [0.2, 0.25) is 0 Å². The fourth-order valence-corrected chi connectivity index (χ4v) is 4.39. The van der Waals surface area contributed by atoms with Crippen LogP contribution in [0.15, 0.2) is 73.2 Å². The molecule has 1 saturated heterocycles. The van der Waals surface area contributed by atoms with Crippen LogP contribution in [0.3, 0.4) is 0 Å². The van der Waals surface area contributed by atoms with E-state index in [1.54, 1.807) is 23.4 Å². The highest BCUT2D eigenvalue weighted by Gasteiger charge is 2.26. The lowest BCUT2D eigenvalue weighted by Gasteiger charge is -2.33. The lowest BCUT2D eigenvalue weighted by Crippen LogP contribution is -2.43. The zero-order chi connectivity index (χ0) is 24.7. The van der Waals surface area contributed by atoms with Gasteiger partial charge in [-0.15, -0.1) is 0 Å². The summed E-state index contributed by atoms with van der Waals surface area (Å²) in [6.45, 7) is 4.70. The normalized spacial score (nSPS) is 15.5. The van der Waals surface area contributed by atoms with Crippen molar-refractivity contribution in [3.8, 4) is 0 Å². The van der Waals surface area contributed by atoms with Crippen LogP contribution in [0.5, 0.6) is 0 Å². The van der Waals surface area contributed by atoms with E-state index in [-0.39, 0.29) is 11.8 Å². The number of rotatable bonds is 8. The van der Waals surface area contributed by atoms with Gasteiger partial charge in [0.1, 0.15) is 5.82 Å². The molecule has 1 amide bonds. The molecule has 4 aromatic rings. The molecule has 2 N–H and O–H groups in total. The van der Waals surface area contributed by atoms with E-state index >= 15 is 0 Å². The van der Waals surface area contributed by atoms with Crippen LogP contribution in [0, 0.1) is 12.8 Å². The Bertz CT molecular complexity index is 1290. The third kappa shape index (κ3) is 6.04. The zero-order valence-corrected chi connectivity index (χ0v) is 20.3. The van der Waals surface area contributed by atoms with Crippen molar-refractivity contribution in [3.05, 3.63) is 89.9 Å². The molecular formula is C27H30N8O. The van der Waals surface area contributed by atoms with Gasteiger partial charge in [-0.3, -0.25) is 4.79 Å². The molecule has 36 heavy (non-hydrogen) atoms. The number of aryl methyl sites for hydroxylation is 1. The molecule has 9 heteroatoms. The van der Waals surface area contributed by atoms with Gasteiger partial charge in [0.2, 0.25) is 11.9 Å². The number of amides is 1. The van der Waals surface area contributed by atoms with E-state index in [0.717, 1.165) is 42.0 Å². The van der Waals surface area contributed by atoms with Crippen molar-refractivity contribution in [3.63, 3.8) is 0 Å². The fraction of sp³-hybridized carbons (Fsp3) is 0.296. The first-order chi connectivity index (χ1) is 17.6. The minimum atomic E-state index is -0.0665. The molecule has 1 atom stereocenters. The van der Waals surface area contributed by atoms with Gasteiger partial charge in [0.15, 0.2) is 0 Å². The summed E-state index contributed by atoms with van der Waals surface area (Å²) in [6.07, 6.45) is 6.91. The summed E-state index contributed by atoms with van der Waals surface area (Å²) in [7, 11) is 0. The maximum atomic E-state index is 12.9. The summed E-state index contributed by atoms with van der Waals surface area (Å²) in [5, 5.41) is 14.7. The molecule has 0 spiro atoms. The summed E-state index contributed by atoms with van der Waals surface area (Å²) in [5.74, 6) is 1.37. The van der Waals surface area contributed by atoms with Crippen LogP contribution >= 0.6 is 0 Å². The largest absolute Gasteiger partial charge is 0.356 e. The molecule has 1 fully saturated rings. The van der Waals surface area contributed by atoms with Crippen LogP contribution in [0.1, 0.15) is 29.5 Å². The van der Waals surface area contributed by atoms with E-state index in [4.69, 9.17) is 4.98 Å². The number of hydrogen-bond acceptors (Lipinski definition) is 7. The minimum Gasteiger partial charge on any atom is -0.356 e. The van der Waals surface area contributed by atoms with Crippen LogP contribution in [0.4, 0.5) is 17.5 Å². The Morgan fingerprint density at radius 2 is 1.86 bits per heavy atom. The summed E-state index contributed by atoms with van der Waals surface area (Å²) >= 11 is 0. The summed E-state index contributed by atoms with van der Waals surface area (Å²) in [6, 6.07) is 18.2. The second-order valence-electron chi connectivity index (χ2n) is 9.11. The highest BCUT2D eigenvalue weighted by atomic mass is 16.1. The smallest absolute Gasteiger partial charge is 0.229 e. The topological polar surface area (TPSA) is 101 Å². The molecule has 0 radical (unpaired) electrons. The highest BCUT2D eigenvalue weighted by Crippen LogP contribution is 2.23. The van der Waals surface area contributed by atoms with Crippen LogP contribution in [-0.2, 0) is 17.9 Å². The maximum absolute atomic E-state index is 12.9. The van der Waals surface area contributed by atoms with Crippen molar-refractivity contribution >= 4 is 23.4 Å². The average molecular weight is 483 g/mol. The SMILES string of the molecule is Cc1ccc(CNC(=O)C2CCCN(c3ccnc(Nc4cccc(Cn5nccn5)c4)n3)C2)cc1. The van der Waals surface area contributed by atoms with Crippen molar-refractivity contribution in [2.24, 2.45) is 5.92 Å². The molecule has 0 saturated carbocycles. The van der Waals surface area contributed by atoms with Gasteiger partial charge in [-0.25, -0.2) is 4.98 Å². The standard InChI is InChI=1S/C27H30N8O/c1-20-7-9-21(10-8-20)17-29-26(36)23-5-3-15-34(19-23)25-11-12-28-27(33-25)32-24-6-2-4-22(16-24)18-35-30-13-14-31-35/h2,4,6-14,16,23H,3,5,15,17-19H2,1H3,(H,29,36)(H,28,32,33). The number of aromatic nitrogens is 5. The van der Waals surface area contributed by atoms with Crippen molar-refractivity contribution in [1.29, 1.82) is 0 Å². The molecular weight excluding hydrogens is 452 g/mol. The molecule has 0 bridgehead atoms. The fourth-order valence-electron chi connectivity index (χ4n) is 4.39. The van der Waals surface area contributed by atoms with E-state index in [1.807, 2.05) is 30.3 Å². The van der Waals surface area contributed by atoms with Crippen molar-refractivity contribution < 1.29 is 4.79 Å². The van der Waals surface area contributed by atoms with E-state index in [2.05, 4.69) is 61.9 Å². The lowest BCUT2D eigenvalue weighted by molar-refractivity contribution is -0.125. The molecule has 9 nitrogen and oxygen atoms in total. The predicted octanol–water partition coefficient (Wildman–Crippen LogP) is 3.70. The Hall–Kier alpha value is -4.27. The first kappa shape index (κ1) is 23.5. The Labute approximate surface area is 210 Å². The van der Waals surface area contributed by atoms with Gasteiger partial charge >= 0.3 is 0 Å². The third-order valence-electron chi connectivity index (χ3n) is 6.32. The molecule has 3 heterocycles. The number of nitrogens with one attached hydrogen (secondary N) is 2. The number of carbonyl (C=O) groups excluding carboxylic acids is 1. The molecule has 1 aliphatic rings. The molecule has 1 aliphatic heterocycles. The average Bonchev–Trinajstić information content (AvgIpc) is 3.42. The number of carbonyl (C=O) groups is 1. The first-order valence-corrected chi connectivity index (χ1v) is 12.2. The Morgan fingerprint density at radius 3 is 2.69 bits per heavy atom. The number of piperidine rings is 1. The summed E-state index contributed by atoms with van der Waals surface area (Å²) in [4.78, 5) is 25.8. The van der Waals surface area contributed by atoms with Gasteiger partial charge in [-0.2, -0.15) is 20.0 Å². The summed E-state index contributed by atoms with van der Waals surface area (Å²) in [5.41, 5.74) is 4.29. The number of anilines is 3. The van der Waals surface area contributed by atoms with E-state index in [9.17, 15) is 4.79 Å². The van der Waals surface area contributed by atoms with Crippen molar-refractivity contribution in [1.82, 2.24) is 30.3 Å². The molecule has 2 aromatic heterocycles. The minimum absolute atomic E-state index is 0.0665.